The zero-order valence-corrected chi connectivity index (χ0v) is 15.6. The molecule has 1 aromatic carbocycles. The van der Waals surface area contributed by atoms with Crippen LogP contribution in [0.3, 0.4) is 0 Å². The average Bonchev–Trinajstić information content (AvgIpc) is 3.27. The molecule has 0 bridgehead atoms. The third-order valence-corrected chi connectivity index (χ3v) is 5.70. The molecule has 4 rings (SSSR count). The number of aromatic nitrogens is 2. The number of nitrogens with zero attached hydrogens (tertiary/aromatic N) is 3. The highest BCUT2D eigenvalue weighted by Crippen LogP contribution is 2.33. The number of ether oxygens (including phenoxy) is 1. The number of thiophene rings is 1. The quantitative estimate of drug-likeness (QED) is 0.631. The van der Waals surface area contributed by atoms with Gasteiger partial charge in [0.2, 0.25) is 11.7 Å². The Bertz CT molecular complexity index is 863. The molecular formula is C17H15BrFN3O2S. The van der Waals surface area contributed by atoms with Crippen LogP contribution in [0.4, 0.5) is 4.39 Å². The zero-order chi connectivity index (χ0) is 17.2. The molecule has 2 aromatic heterocycles. The average molecular weight is 424 g/mol. The predicted octanol–water partition coefficient (Wildman–Crippen LogP) is 4.12. The van der Waals surface area contributed by atoms with Gasteiger partial charge in [-0.05, 0) is 34.1 Å². The van der Waals surface area contributed by atoms with Crippen LogP contribution >= 0.6 is 27.3 Å². The third-order valence-electron chi connectivity index (χ3n) is 4.08. The first-order valence-electron chi connectivity index (χ1n) is 7.88. The summed E-state index contributed by atoms with van der Waals surface area (Å²) in [6.07, 6.45) is 0. The smallest absolute Gasteiger partial charge is 0.249 e. The van der Waals surface area contributed by atoms with E-state index in [9.17, 15) is 4.39 Å². The van der Waals surface area contributed by atoms with Crippen LogP contribution < -0.4 is 0 Å². The van der Waals surface area contributed by atoms with Crippen molar-refractivity contribution >= 4 is 27.3 Å². The topological polar surface area (TPSA) is 51.4 Å². The largest absolute Gasteiger partial charge is 0.379 e. The Kier molecular flexibility index (Phi) is 4.93. The van der Waals surface area contributed by atoms with E-state index in [1.54, 1.807) is 12.1 Å². The lowest BCUT2D eigenvalue weighted by Gasteiger charge is -2.32. The second kappa shape index (κ2) is 7.33. The van der Waals surface area contributed by atoms with E-state index >= 15 is 0 Å². The molecule has 0 saturated carbocycles. The fourth-order valence-electron chi connectivity index (χ4n) is 2.90. The molecule has 0 amide bonds. The van der Waals surface area contributed by atoms with E-state index in [4.69, 9.17) is 9.26 Å². The molecule has 1 aliphatic rings. The maximum Gasteiger partial charge on any atom is 0.249 e. The van der Waals surface area contributed by atoms with Crippen molar-refractivity contribution in [1.29, 1.82) is 0 Å². The Balaban J connectivity index is 1.73. The van der Waals surface area contributed by atoms with E-state index in [1.165, 1.54) is 17.4 Å². The molecule has 1 saturated heterocycles. The molecule has 3 aromatic rings. The van der Waals surface area contributed by atoms with Crippen molar-refractivity contribution in [3.63, 3.8) is 0 Å². The summed E-state index contributed by atoms with van der Waals surface area (Å²) in [5.41, 5.74) is 0.534. The summed E-state index contributed by atoms with van der Waals surface area (Å²) in [6, 6.07) is 10.2. The lowest BCUT2D eigenvalue weighted by atomic mass is 10.0. The fourth-order valence-corrected chi connectivity index (χ4v) is 4.21. The van der Waals surface area contributed by atoms with Crippen LogP contribution in [-0.2, 0) is 4.74 Å². The lowest BCUT2D eigenvalue weighted by Crippen LogP contribution is -2.40. The molecule has 1 atom stereocenters. The summed E-state index contributed by atoms with van der Waals surface area (Å²) in [6.45, 7) is 2.57. The van der Waals surface area contributed by atoms with Crippen molar-refractivity contribution in [2.45, 2.75) is 6.04 Å². The highest BCUT2D eigenvalue weighted by Gasteiger charge is 2.31. The number of hydrogen-bond donors (Lipinski definition) is 0. The van der Waals surface area contributed by atoms with E-state index in [-0.39, 0.29) is 5.82 Å². The van der Waals surface area contributed by atoms with Crippen molar-refractivity contribution in [3.8, 4) is 10.7 Å². The number of hydrogen-bond acceptors (Lipinski definition) is 6. The second-order valence-electron chi connectivity index (χ2n) is 5.63. The molecule has 5 nitrogen and oxygen atoms in total. The first-order valence-corrected chi connectivity index (χ1v) is 9.49. The number of halogens is 2. The van der Waals surface area contributed by atoms with Crippen molar-refractivity contribution in [3.05, 3.63) is 57.5 Å². The summed E-state index contributed by atoms with van der Waals surface area (Å²) >= 11 is 4.96. The van der Waals surface area contributed by atoms with E-state index < -0.39 is 6.04 Å². The molecule has 3 heterocycles. The van der Waals surface area contributed by atoms with E-state index in [0.29, 0.717) is 43.6 Å². The Morgan fingerprint density at radius 2 is 1.96 bits per heavy atom. The van der Waals surface area contributed by atoms with E-state index in [2.05, 4.69) is 31.0 Å². The van der Waals surface area contributed by atoms with E-state index in [1.807, 2.05) is 18.2 Å². The van der Waals surface area contributed by atoms with Gasteiger partial charge in [0.1, 0.15) is 11.9 Å². The Morgan fingerprint density at radius 1 is 1.16 bits per heavy atom. The van der Waals surface area contributed by atoms with Gasteiger partial charge in [-0.15, -0.1) is 11.3 Å². The fraction of sp³-hybridized carbons (Fsp3) is 0.294. The highest BCUT2D eigenvalue weighted by atomic mass is 79.9. The standard InChI is InChI=1S/C17H15BrFN3O2S/c18-14-6-5-13(25-14)16-20-17(24-21-16)15(22-7-9-23-10-8-22)11-3-1-2-4-12(11)19/h1-6,15H,7-10H2/t15-/m0/s1. The van der Waals surface area contributed by atoms with Gasteiger partial charge in [0.15, 0.2) is 0 Å². The molecule has 0 N–H and O–H groups in total. The zero-order valence-electron chi connectivity index (χ0n) is 13.2. The summed E-state index contributed by atoms with van der Waals surface area (Å²) in [7, 11) is 0. The molecule has 1 aliphatic heterocycles. The number of benzene rings is 1. The van der Waals surface area contributed by atoms with Crippen LogP contribution in [0, 0.1) is 5.82 Å². The van der Waals surface area contributed by atoms with Crippen molar-refractivity contribution < 1.29 is 13.7 Å². The van der Waals surface area contributed by atoms with Gasteiger partial charge in [-0.25, -0.2) is 4.39 Å². The van der Waals surface area contributed by atoms with Crippen LogP contribution in [0.15, 0.2) is 44.7 Å². The molecule has 0 unspecified atom stereocenters. The first-order chi connectivity index (χ1) is 12.2. The molecule has 130 valence electrons. The van der Waals surface area contributed by atoms with Gasteiger partial charge < -0.3 is 9.26 Å². The maximum atomic E-state index is 14.5. The highest BCUT2D eigenvalue weighted by molar-refractivity contribution is 9.11. The maximum absolute atomic E-state index is 14.5. The third kappa shape index (κ3) is 3.52. The second-order valence-corrected chi connectivity index (χ2v) is 8.10. The monoisotopic (exact) mass is 423 g/mol. The van der Waals surface area contributed by atoms with Gasteiger partial charge in [0, 0.05) is 18.7 Å². The van der Waals surface area contributed by atoms with Crippen molar-refractivity contribution in [1.82, 2.24) is 15.0 Å². The van der Waals surface area contributed by atoms with Crippen LogP contribution in [0.5, 0.6) is 0 Å². The minimum Gasteiger partial charge on any atom is -0.379 e. The molecule has 0 spiro atoms. The number of rotatable bonds is 4. The Labute approximate surface area is 156 Å². The lowest BCUT2D eigenvalue weighted by molar-refractivity contribution is 0.0174. The first kappa shape index (κ1) is 16.8. The normalized spacial score (nSPS) is 16.9. The molecule has 8 heteroatoms. The van der Waals surface area contributed by atoms with Gasteiger partial charge >= 0.3 is 0 Å². The van der Waals surface area contributed by atoms with E-state index in [0.717, 1.165) is 8.66 Å². The SMILES string of the molecule is Fc1ccccc1[C@@H](c1nc(-c2ccc(Br)s2)no1)N1CCOCC1. The van der Waals surface area contributed by atoms with Crippen LogP contribution in [-0.4, -0.2) is 41.3 Å². The molecule has 25 heavy (non-hydrogen) atoms. The summed E-state index contributed by atoms with van der Waals surface area (Å²) in [5, 5.41) is 4.09. The minimum atomic E-state index is -0.422. The van der Waals surface area contributed by atoms with Crippen molar-refractivity contribution in [2.75, 3.05) is 26.3 Å². The van der Waals surface area contributed by atoms with Crippen LogP contribution in [0.2, 0.25) is 0 Å². The van der Waals surface area contributed by atoms with Gasteiger partial charge in [-0.1, -0.05) is 23.4 Å². The Hall–Kier alpha value is -1.61. The van der Waals surface area contributed by atoms with Crippen LogP contribution in [0.25, 0.3) is 10.7 Å². The van der Waals surface area contributed by atoms with Gasteiger partial charge in [-0.3, -0.25) is 4.90 Å². The minimum absolute atomic E-state index is 0.280. The van der Waals surface area contributed by atoms with Gasteiger partial charge in [-0.2, -0.15) is 4.98 Å². The molecule has 0 radical (unpaired) electrons. The Morgan fingerprint density at radius 3 is 2.68 bits per heavy atom. The number of morpholine rings is 1. The summed E-state index contributed by atoms with van der Waals surface area (Å²) < 4.78 is 26.4. The molecule has 1 fully saturated rings. The van der Waals surface area contributed by atoms with Crippen molar-refractivity contribution in [2.24, 2.45) is 0 Å². The summed E-state index contributed by atoms with van der Waals surface area (Å²) in [5.74, 6) is 0.629. The van der Waals surface area contributed by atoms with Gasteiger partial charge in [0.25, 0.3) is 0 Å². The summed E-state index contributed by atoms with van der Waals surface area (Å²) in [4.78, 5) is 7.56. The van der Waals surface area contributed by atoms with Crippen LogP contribution in [0.1, 0.15) is 17.5 Å². The molecule has 0 aliphatic carbocycles. The van der Waals surface area contributed by atoms with Gasteiger partial charge in [0.05, 0.1) is 21.9 Å². The predicted molar refractivity (Wildman–Crippen MR) is 95.9 cm³/mol. The molecular weight excluding hydrogens is 409 g/mol.